The zero-order valence-electron chi connectivity index (χ0n) is 9.70. The standard InChI is InChI=1S/C13H10F3NO2/c14-13(15,16)10-5-2-1-4-9(10)8-17-12(18)11-6-3-7-19-11/h1-7H,8H2,(H,17,18). The first-order valence-electron chi connectivity index (χ1n) is 5.45. The van der Waals surface area contributed by atoms with Crippen molar-refractivity contribution in [2.75, 3.05) is 0 Å². The maximum atomic E-state index is 12.7. The Labute approximate surface area is 107 Å². The molecule has 0 fully saturated rings. The van der Waals surface area contributed by atoms with Crippen LogP contribution in [0.15, 0.2) is 47.1 Å². The summed E-state index contributed by atoms with van der Waals surface area (Å²) in [5, 5.41) is 2.38. The average Bonchev–Trinajstić information content (AvgIpc) is 2.89. The van der Waals surface area contributed by atoms with Gasteiger partial charge < -0.3 is 9.73 Å². The van der Waals surface area contributed by atoms with Gasteiger partial charge in [0.25, 0.3) is 5.91 Å². The molecule has 1 heterocycles. The number of carbonyl (C=O) groups is 1. The first-order chi connectivity index (χ1) is 8.98. The van der Waals surface area contributed by atoms with Crippen LogP contribution in [-0.2, 0) is 12.7 Å². The Bertz CT molecular complexity index is 562. The summed E-state index contributed by atoms with van der Waals surface area (Å²) in [7, 11) is 0. The van der Waals surface area contributed by atoms with Crippen LogP contribution in [0.5, 0.6) is 0 Å². The summed E-state index contributed by atoms with van der Waals surface area (Å²) in [5.41, 5.74) is -0.746. The van der Waals surface area contributed by atoms with Gasteiger partial charge in [-0.15, -0.1) is 0 Å². The second kappa shape index (κ2) is 5.17. The van der Waals surface area contributed by atoms with E-state index in [4.69, 9.17) is 4.42 Å². The summed E-state index contributed by atoms with van der Waals surface area (Å²) in [5.74, 6) is -0.494. The lowest BCUT2D eigenvalue weighted by atomic mass is 10.1. The van der Waals surface area contributed by atoms with Crippen molar-refractivity contribution in [2.24, 2.45) is 0 Å². The van der Waals surface area contributed by atoms with Crippen LogP contribution in [0.2, 0.25) is 0 Å². The first-order valence-corrected chi connectivity index (χ1v) is 5.45. The fourth-order valence-corrected chi connectivity index (χ4v) is 1.62. The number of halogens is 3. The Morgan fingerprint density at radius 1 is 1.16 bits per heavy atom. The van der Waals surface area contributed by atoms with Gasteiger partial charge in [-0.3, -0.25) is 4.79 Å². The third kappa shape index (κ3) is 3.15. The summed E-state index contributed by atoms with van der Waals surface area (Å²) in [6.07, 6.45) is -3.12. The number of furan rings is 1. The Hall–Kier alpha value is -2.24. The number of rotatable bonds is 3. The molecule has 0 saturated carbocycles. The highest BCUT2D eigenvalue weighted by Gasteiger charge is 2.32. The van der Waals surface area contributed by atoms with Gasteiger partial charge >= 0.3 is 6.18 Å². The predicted molar refractivity (Wildman–Crippen MR) is 61.3 cm³/mol. The molecular weight excluding hydrogens is 259 g/mol. The molecule has 1 aromatic carbocycles. The van der Waals surface area contributed by atoms with Gasteiger partial charge in [0, 0.05) is 6.54 Å². The fourth-order valence-electron chi connectivity index (χ4n) is 1.62. The molecule has 6 heteroatoms. The monoisotopic (exact) mass is 269 g/mol. The molecule has 0 unspecified atom stereocenters. The zero-order valence-corrected chi connectivity index (χ0v) is 9.70. The number of amides is 1. The number of alkyl halides is 3. The second-order valence-electron chi connectivity index (χ2n) is 3.81. The van der Waals surface area contributed by atoms with Crippen molar-refractivity contribution in [1.82, 2.24) is 5.32 Å². The number of benzene rings is 1. The van der Waals surface area contributed by atoms with Gasteiger partial charge in [0.05, 0.1) is 11.8 Å². The van der Waals surface area contributed by atoms with E-state index in [0.29, 0.717) is 0 Å². The van der Waals surface area contributed by atoms with E-state index in [1.807, 2.05) is 0 Å². The van der Waals surface area contributed by atoms with Gasteiger partial charge in [-0.05, 0) is 23.8 Å². The minimum Gasteiger partial charge on any atom is -0.459 e. The highest BCUT2D eigenvalue weighted by atomic mass is 19.4. The molecule has 2 rings (SSSR count). The Balaban J connectivity index is 2.10. The van der Waals surface area contributed by atoms with E-state index in [1.165, 1.54) is 36.6 Å². The molecule has 1 N–H and O–H groups in total. The largest absolute Gasteiger partial charge is 0.459 e. The van der Waals surface area contributed by atoms with Crippen molar-refractivity contribution in [2.45, 2.75) is 12.7 Å². The van der Waals surface area contributed by atoms with E-state index in [9.17, 15) is 18.0 Å². The van der Waals surface area contributed by atoms with Gasteiger partial charge in [0.1, 0.15) is 0 Å². The highest BCUT2D eigenvalue weighted by Crippen LogP contribution is 2.31. The van der Waals surface area contributed by atoms with Gasteiger partial charge in [0.15, 0.2) is 5.76 Å². The van der Waals surface area contributed by atoms with Gasteiger partial charge in [-0.25, -0.2) is 0 Å². The van der Waals surface area contributed by atoms with Crippen molar-refractivity contribution in [3.8, 4) is 0 Å². The third-order valence-corrected chi connectivity index (χ3v) is 2.51. The van der Waals surface area contributed by atoms with E-state index >= 15 is 0 Å². The SMILES string of the molecule is O=C(NCc1ccccc1C(F)(F)F)c1ccco1. The predicted octanol–water partition coefficient (Wildman–Crippen LogP) is 3.23. The van der Waals surface area contributed by atoms with Crippen LogP contribution in [0.3, 0.4) is 0 Å². The smallest absolute Gasteiger partial charge is 0.416 e. The maximum Gasteiger partial charge on any atom is 0.416 e. The summed E-state index contributed by atoms with van der Waals surface area (Å²) >= 11 is 0. The first kappa shape index (κ1) is 13.2. The lowest BCUT2D eigenvalue weighted by molar-refractivity contribution is -0.138. The van der Waals surface area contributed by atoms with Crippen LogP contribution in [0.1, 0.15) is 21.7 Å². The van der Waals surface area contributed by atoms with Crippen LogP contribution >= 0.6 is 0 Å². The van der Waals surface area contributed by atoms with Crippen molar-refractivity contribution in [3.63, 3.8) is 0 Å². The highest BCUT2D eigenvalue weighted by molar-refractivity contribution is 5.91. The Kier molecular flexibility index (Phi) is 3.59. The topological polar surface area (TPSA) is 42.2 Å². The van der Waals surface area contributed by atoms with Gasteiger partial charge in [-0.1, -0.05) is 18.2 Å². The number of hydrogen-bond acceptors (Lipinski definition) is 2. The van der Waals surface area contributed by atoms with Crippen molar-refractivity contribution < 1.29 is 22.4 Å². The van der Waals surface area contributed by atoms with E-state index in [-0.39, 0.29) is 17.9 Å². The molecule has 3 nitrogen and oxygen atoms in total. The molecule has 0 aliphatic heterocycles. The normalized spacial score (nSPS) is 11.3. The molecule has 100 valence electrons. The van der Waals surface area contributed by atoms with E-state index in [2.05, 4.69) is 5.32 Å². The van der Waals surface area contributed by atoms with Crippen LogP contribution < -0.4 is 5.32 Å². The third-order valence-electron chi connectivity index (χ3n) is 2.51. The molecule has 0 spiro atoms. The molecule has 0 bridgehead atoms. The summed E-state index contributed by atoms with van der Waals surface area (Å²) in [4.78, 5) is 11.6. The number of hydrogen-bond donors (Lipinski definition) is 1. The molecule has 1 aromatic heterocycles. The lowest BCUT2D eigenvalue weighted by Gasteiger charge is -2.12. The molecule has 19 heavy (non-hydrogen) atoms. The molecular formula is C13H10F3NO2. The molecule has 2 aromatic rings. The van der Waals surface area contributed by atoms with Crippen molar-refractivity contribution >= 4 is 5.91 Å². The molecule has 1 amide bonds. The summed E-state index contributed by atoms with van der Waals surface area (Å²) in [6.45, 7) is -0.213. The lowest BCUT2D eigenvalue weighted by Crippen LogP contribution is -2.24. The minimum atomic E-state index is -4.44. The number of carbonyl (C=O) groups excluding carboxylic acids is 1. The fraction of sp³-hybridized carbons (Fsp3) is 0.154. The Morgan fingerprint density at radius 2 is 1.89 bits per heavy atom. The summed E-state index contributed by atoms with van der Waals surface area (Å²) in [6, 6.07) is 8.06. The summed E-state index contributed by atoms with van der Waals surface area (Å²) < 4.78 is 43.0. The van der Waals surface area contributed by atoms with Crippen molar-refractivity contribution in [1.29, 1.82) is 0 Å². The molecule has 0 saturated heterocycles. The second-order valence-corrected chi connectivity index (χ2v) is 3.81. The Morgan fingerprint density at radius 3 is 2.53 bits per heavy atom. The molecule has 0 aliphatic carbocycles. The van der Waals surface area contributed by atoms with E-state index in [0.717, 1.165) is 6.07 Å². The van der Waals surface area contributed by atoms with Crippen molar-refractivity contribution in [3.05, 3.63) is 59.5 Å². The van der Waals surface area contributed by atoms with Crippen LogP contribution in [-0.4, -0.2) is 5.91 Å². The zero-order chi connectivity index (χ0) is 13.9. The molecule has 0 atom stereocenters. The van der Waals surface area contributed by atoms with Gasteiger partial charge in [-0.2, -0.15) is 13.2 Å². The minimum absolute atomic E-state index is 0.00917. The molecule has 0 aliphatic rings. The molecule has 0 radical (unpaired) electrons. The van der Waals surface area contributed by atoms with Crippen LogP contribution in [0, 0.1) is 0 Å². The van der Waals surface area contributed by atoms with Crippen LogP contribution in [0.4, 0.5) is 13.2 Å². The maximum absolute atomic E-state index is 12.7. The van der Waals surface area contributed by atoms with E-state index < -0.39 is 17.6 Å². The van der Waals surface area contributed by atoms with Gasteiger partial charge in [0.2, 0.25) is 0 Å². The number of nitrogens with one attached hydrogen (secondary N) is 1. The van der Waals surface area contributed by atoms with E-state index in [1.54, 1.807) is 0 Å². The van der Waals surface area contributed by atoms with Crippen LogP contribution in [0.25, 0.3) is 0 Å². The average molecular weight is 269 g/mol. The quantitative estimate of drug-likeness (QED) is 0.929.